The van der Waals surface area contributed by atoms with Gasteiger partial charge in [-0.25, -0.2) is 4.98 Å². The van der Waals surface area contributed by atoms with Crippen molar-refractivity contribution in [3.05, 3.63) is 16.1 Å². The zero-order chi connectivity index (χ0) is 11.4. The maximum Gasteiger partial charge on any atom is 0.239 e. The van der Waals surface area contributed by atoms with Crippen molar-refractivity contribution in [3.63, 3.8) is 0 Å². The third-order valence-corrected chi connectivity index (χ3v) is 3.26. The van der Waals surface area contributed by atoms with Crippen LogP contribution in [0.2, 0.25) is 0 Å². The molecule has 1 aliphatic rings. The van der Waals surface area contributed by atoms with Gasteiger partial charge in [0.25, 0.3) is 0 Å². The van der Waals surface area contributed by atoms with E-state index in [-0.39, 0.29) is 11.9 Å². The van der Waals surface area contributed by atoms with E-state index in [0.717, 1.165) is 16.4 Å². The third kappa shape index (κ3) is 3.01. The number of nitrogens with one attached hydrogen (secondary N) is 2. The highest BCUT2D eigenvalue weighted by Gasteiger charge is 2.20. The molecule has 1 atom stereocenters. The molecule has 1 unspecified atom stereocenters. The number of carbonyl (C=O) groups excluding carboxylic acids is 1. The summed E-state index contributed by atoms with van der Waals surface area (Å²) in [6.07, 6.45) is 1.80. The lowest BCUT2D eigenvalue weighted by molar-refractivity contribution is -0.126. The number of aryl methyl sites for hydroxylation is 1. The first-order chi connectivity index (χ1) is 7.75. The molecule has 88 valence electrons. The molecule has 2 N–H and O–H groups in total. The van der Waals surface area contributed by atoms with Gasteiger partial charge in [-0.2, -0.15) is 0 Å². The fraction of sp³-hybridized carbons (Fsp3) is 0.600. The maximum absolute atomic E-state index is 11.7. The molecule has 2 heterocycles. The SMILES string of the molecule is Cc1ncc(CNC(=O)C2COCCN2)s1. The number of ether oxygens (including phenoxy) is 1. The molecule has 0 radical (unpaired) electrons. The molecule has 5 nitrogen and oxygen atoms in total. The van der Waals surface area contributed by atoms with Gasteiger partial charge < -0.3 is 15.4 Å². The van der Waals surface area contributed by atoms with Crippen LogP contribution < -0.4 is 10.6 Å². The first-order valence-corrected chi connectivity index (χ1v) is 6.07. The van der Waals surface area contributed by atoms with Gasteiger partial charge >= 0.3 is 0 Å². The van der Waals surface area contributed by atoms with Crippen LogP contribution in [0, 0.1) is 6.92 Å². The van der Waals surface area contributed by atoms with Crippen LogP contribution in [-0.2, 0) is 16.1 Å². The number of carbonyl (C=O) groups is 1. The van der Waals surface area contributed by atoms with E-state index in [0.29, 0.717) is 19.8 Å². The molecule has 0 aliphatic carbocycles. The van der Waals surface area contributed by atoms with Crippen molar-refractivity contribution in [1.29, 1.82) is 0 Å². The van der Waals surface area contributed by atoms with E-state index in [2.05, 4.69) is 15.6 Å². The summed E-state index contributed by atoms with van der Waals surface area (Å²) in [6, 6.07) is -0.220. The number of thiazole rings is 1. The van der Waals surface area contributed by atoms with Gasteiger partial charge in [-0.15, -0.1) is 11.3 Å². The van der Waals surface area contributed by atoms with Gasteiger partial charge in [0.1, 0.15) is 6.04 Å². The Morgan fingerprint density at radius 2 is 2.69 bits per heavy atom. The number of aromatic nitrogens is 1. The number of rotatable bonds is 3. The summed E-state index contributed by atoms with van der Waals surface area (Å²) in [7, 11) is 0. The number of amides is 1. The lowest BCUT2D eigenvalue weighted by Crippen LogP contribution is -2.50. The van der Waals surface area contributed by atoms with Crippen molar-refractivity contribution >= 4 is 17.2 Å². The van der Waals surface area contributed by atoms with Crippen molar-refractivity contribution < 1.29 is 9.53 Å². The molecule has 0 spiro atoms. The monoisotopic (exact) mass is 241 g/mol. The maximum atomic E-state index is 11.7. The van der Waals surface area contributed by atoms with Gasteiger partial charge in [0, 0.05) is 17.6 Å². The molecule has 1 aliphatic heterocycles. The summed E-state index contributed by atoms with van der Waals surface area (Å²) >= 11 is 1.60. The fourth-order valence-corrected chi connectivity index (χ4v) is 2.25. The Balaban J connectivity index is 1.78. The normalized spacial score (nSPS) is 20.7. The highest BCUT2D eigenvalue weighted by molar-refractivity contribution is 7.11. The van der Waals surface area contributed by atoms with Crippen LogP contribution in [0.5, 0.6) is 0 Å². The lowest BCUT2D eigenvalue weighted by Gasteiger charge is -2.22. The molecule has 1 fully saturated rings. The molecule has 6 heteroatoms. The predicted molar refractivity (Wildman–Crippen MR) is 61.3 cm³/mol. The van der Waals surface area contributed by atoms with E-state index in [4.69, 9.17) is 4.74 Å². The van der Waals surface area contributed by atoms with Gasteiger partial charge in [-0.1, -0.05) is 0 Å². The second-order valence-corrected chi connectivity index (χ2v) is 4.96. The molecule has 0 aromatic carbocycles. The van der Waals surface area contributed by atoms with E-state index in [1.54, 1.807) is 17.5 Å². The zero-order valence-electron chi connectivity index (χ0n) is 9.16. The Labute approximate surface area is 98.2 Å². The fourth-order valence-electron chi connectivity index (χ4n) is 1.52. The summed E-state index contributed by atoms with van der Waals surface area (Å²) in [5, 5.41) is 7.00. The van der Waals surface area contributed by atoms with Crippen LogP contribution in [0.25, 0.3) is 0 Å². The molecular formula is C10H15N3O2S. The minimum atomic E-state index is -0.220. The molecule has 1 amide bonds. The summed E-state index contributed by atoms with van der Waals surface area (Å²) in [5.74, 6) is -0.00856. The third-order valence-electron chi connectivity index (χ3n) is 2.34. The van der Waals surface area contributed by atoms with Crippen LogP contribution >= 0.6 is 11.3 Å². The Morgan fingerprint density at radius 3 is 3.31 bits per heavy atom. The van der Waals surface area contributed by atoms with Gasteiger partial charge in [-0.3, -0.25) is 4.79 Å². The van der Waals surface area contributed by atoms with Gasteiger partial charge in [0.15, 0.2) is 0 Å². The van der Waals surface area contributed by atoms with Crippen molar-refractivity contribution in [1.82, 2.24) is 15.6 Å². The van der Waals surface area contributed by atoms with Crippen LogP contribution in [0.3, 0.4) is 0 Å². The van der Waals surface area contributed by atoms with Crippen LogP contribution in [0.15, 0.2) is 6.20 Å². The summed E-state index contributed by atoms with van der Waals surface area (Å²) in [5.41, 5.74) is 0. The average molecular weight is 241 g/mol. The average Bonchev–Trinajstić information content (AvgIpc) is 2.73. The first-order valence-electron chi connectivity index (χ1n) is 5.26. The second-order valence-electron chi connectivity index (χ2n) is 3.65. The van der Waals surface area contributed by atoms with E-state index < -0.39 is 0 Å². The molecule has 0 bridgehead atoms. The topological polar surface area (TPSA) is 63.2 Å². The quantitative estimate of drug-likeness (QED) is 0.785. The van der Waals surface area contributed by atoms with Gasteiger partial charge in [0.05, 0.1) is 24.8 Å². The molecule has 2 rings (SSSR count). The lowest BCUT2D eigenvalue weighted by atomic mass is 10.2. The van der Waals surface area contributed by atoms with E-state index in [1.165, 1.54) is 0 Å². The molecule has 0 saturated carbocycles. The highest BCUT2D eigenvalue weighted by Crippen LogP contribution is 2.10. The second kappa shape index (κ2) is 5.38. The Kier molecular flexibility index (Phi) is 3.87. The summed E-state index contributed by atoms with van der Waals surface area (Å²) in [6.45, 7) is 4.36. The molecular weight excluding hydrogens is 226 g/mol. The van der Waals surface area contributed by atoms with E-state index in [9.17, 15) is 4.79 Å². The molecule has 1 aromatic heterocycles. The van der Waals surface area contributed by atoms with Crippen molar-refractivity contribution in [2.24, 2.45) is 0 Å². The van der Waals surface area contributed by atoms with Crippen molar-refractivity contribution in [2.45, 2.75) is 19.5 Å². The first kappa shape index (κ1) is 11.5. The van der Waals surface area contributed by atoms with Crippen molar-refractivity contribution in [3.8, 4) is 0 Å². The zero-order valence-corrected chi connectivity index (χ0v) is 9.97. The van der Waals surface area contributed by atoms with E-state index in [1.807, 2.05) is 6.92 Å². The van der Waals surface area contributed by atoms with Crippen molar-refractivity contribution in [2.75, 3.05) is 19.8 Å². The summed E-state index contributed by atoms with van der Waals surface area (Å²) < 4.78 is 5.23. The van der Waals surface area contributed by atoms with Gasteiger partial charge in [0.2, 0.25) is 5.91 Å². The summed E-state index contributed by atoms with van der Waals surface area (Å²) in [4.78, 5) is 16.9. The number of hydrogen-bond acceptors (Lipinski definition) is 5. The number of nitrogens with zero attached hydrogens (tertiary/aromatic N) is 1. The highest BCUT2D eigenvalue weighted by atomic mass is 32.1. The molecule has 1 aromatic rings. The number of hydrogen-bond donors (Lipinski definition) is 2. The Bertz CT molecular complexity index is 361. The van der Waals surface area contributed by atoms with Gasteiger partial charge in [-0.05, 0) is 6.92 Å². The predicted octanol–water partition coefficient (Wildman–Crippen LogP) is 0.0561. The number of morpholine rings is 1. The van der Waals surface area contributed by atoms with Crippen LogP contribution in [-0.4, -0.2) is 36.7 Å². The van der Waals surface area contributed by atoms with Crippen LogP contribution in [0.1, 0.15) is 9.88 Å². The standard InChI is InChI=1S/C10H15N3O2S/c1-7-12-4-8(16-7)5-13-10(14)9-6-15-3-2-11-9/h4,9,11H,2-3,5-6H2,1H3,(H,13,14). The van der Waals surface area contributed by atoms with Crippen LogP contribution in [0.4, 0.5) is 0 Å². The largest absolute Gasteiger partial charge is 0.378 e. The minimum absolute atomic E-state index is 0.00856. The smallest absolute Gasteiger partial charge is 0.239 e. The Hall–Kier alpha value is -0.980. The Morgan fingerprint density at radius 1 is 1.81 bits per heavy atom. The molecule has 16 heavy (non-hydrogen) atoms. The molecule has 1 saturated heterocycles. The van der Waals surface area contributed by atoms with E-state index >= 15 is 0 Å². The minimum Gasteiger partial charge on any atom is -0.378 e.